The summed E-state index contributed by atoms with van der Waals surface area (Å²) in [6.45, 7) is 4.44. The highest BCUT2D eigenvalue weighted by Crippen LogP contribution is 2.27. The van der Waals surface area contributed by atoms with Gasteiger partial charge in [0, 0.05) is 24.6 Å². The molecule has 20 heavy (non-hydrogen) atoms. The summed E-state index contributed by atoms with van der Waals surface area (Å²) in [7, 11) is 0. The first-order valence-electron chi connectivity index (χ1n) is 6.28. The molecular weight excluding hydrogens is 330 g/mol. The Morgan fingerprint density at radius 3 is 2.70 bits per heavy atom. The van der Waals surface area contributed by atoms with Crippen LogP contribution in [-0.2, 0) is 13.0 Å². The zero-order valence-electron chi connectivity index (χ0n) is 11.2. The topological polar surface area (TPSA) is 38.0 Å². The largest absolute Gasteiger partial charge is 0.388 e. The Balaban J connectivity index is 2.30. The van der Waals surface area contributed by atoms with Gasteiger partial charge in [-0.1, -0.05) is 6.07 Å². The van der Waals surface area contributed by atoms with Gasteiger partial charge in [0.25, 0.3) is 0 Å². The first-order valence-corrected chi connectivity index (χ1v) is 7.08. The highest BCUT2D eigenvalue weighted by Gasteiger charge is 2.19. The predicted molar refractivity (Wildman–Crippen MR) is 75.4 cm³/mol. The molecule has 1 N–H and O–H groups in total. The third-order valence-corrected chi connectivity index (χ3v) is 4.19. The molecule has 0 saturated carbocycles. The fourth-order valence-electron chi connectivity index (χ4n) is 2.13. The molecule has 108 valence electrons. The molecular formula is C14H15BrF2N2O. The van der Waals surface area contributed by atoms with E-state index in [1.165, 1.54) is 6.07 Å². The van der Waals surface area contributed by atoms with Crippen LogP contribution in [0.5, 0.6) is 0 Å². The van der Waals surface area contributed by atoms with Gasteiger partial charge in [-0.3, -0.25) is 4.68 Å². The SMILES string of the molecule is CCn1nc(C)c(Br)c1CC(O)c1ccc(F)cc1F. The molecule has 0 saturated heterocycles. The Bertz CT molecular complexity index is 628. The van der Waals surface area contributed by atoms with E-state index in [-0.39, 0.29) is 12.0 Å². The predicted octanol–water partition coefficient (Wildman–Crippen LogP) is 3.53. The van der Waals surface area contributed by atoms with Gasteiger partial charge in [0.15, 0.2) is 0 Å². The van der Waals surface area contributed by atoms with Crippen LogP contribution in [0.15, 0.2) is 22.7 Å². The molecule has 2 rings (SSSR count). The second-order valence-corrected chi connectivity index (χ2v) is 5.34. The first kappa shape index (κ1) is 15.1. The Hall–Kier alpha value is -1.27. The molecule has 1 unspecified atom stereocenters. The monoisotopic (exact) mass is 344 g/mol. The fraction of sp³-hybridized carbons (Fsp3) is 0.357. The Morgan fingerprint density at radius 2 is 2.10 bits per heavy atom. The molecule has 0 aliphatic rings. The lowest BCUT2D eigenvalue weighted by Gasteiger charge is -2.13. The summed E-state index contributed by atoms with van der Waals surface area (Å²) < 4.78 is 29.1. The number of aryl methyl sites for hydroxylation is 2. The van der Waals surface area contributed by atoms with E-state index in [1.54, 1.807) is 4.68 Å². The molecule has 2 aromatic rings. The molecule has 1 atom stereocenters. The number of halogens is 3. The van der Waals surface area contributed by atoms with Crippen LogP contribution in [0.2, 0.25) is 0 Å². The van der Waals surface area contributed by atoms with Gasteiger partial charge in [-0.25, -0.2) is 8.78 Å². The van der Waals surface area contributed by atoms with Crippen LogP contribution in [0, 0.1) is 18.6 Å². The van der Waals surface area contributed by atoms with E-state index in [2.05, 4.69) is 21.0 Å². The Labute approximate surface area is 124 Å². The van der Waals surface area contributed by atoms with E-state index in [4.69, 9.17) is 0 Å². The van der Waals surface area contributed by atoms with Gasteiger partial charge in [0.05, 0.1) is 22.0 Å². The maximum absolute atomic E-state index is 13.7. The van der Waals surface area contributed by atoms with Gasteiger partial charge in [-0.05, 0) is 35.8 Å². The smallest absolute Gasteiger partial charge is 0.131 e. The molecule has 0 spiro atoms. The summed E-state index contributed by atoms with van der Waals surface area (Å²) in [6.07, 6.45) is -0.842. The molecule has 1 aromatic heterocycles. The standard InChI is InChI=1S/C14H15BrF2N2O/c1-3-19-12(14(15)8(2)18-19)7-13(20)10-5-4-9(16)6-11(10)17/h4-6,13,20H,3,7H2,1-2H3. The minimum atomic E-state index is -1.05. The lowest BCUT2D eigenvalue weighted by atomic mass is 10.0. The van der Waals surface area contributed by atoms with Gasteiger partial charge < -0.3 is 5.11 Å². The normalized spacial score (nSPS) is 12.7. The fourth-order valence-corrected chi connectivity index (χ4v) is 2.57. The van der Waals surface area contributed by atoms with Crippen LogP contribution in [0.4, 0.5) is 8.78 Å². The van der Waals surface area contributed by atoms with Crippen molar-refractivity contribution < 1.29 is 13.9 Å². The van der Waals surface area contributed by atoms with Crippen LogP contribution in [0.3, 0.4) is 0 Å². The minimum Gasteiger partial charge on any atom is -0.388 e. The molecule has 1 aromatic carbocycles. The second kappa shape index (κ2) is 6.01. The number of hydrogen-bond acceptors (Lipinski definition) is 2. The Kier molecular flexibility index (Phi) is 4.55. The molecule has 6 heteroatoms. The van der Waals surface area contributed by atoms with Crippen molar-refractivity contribution in [1.29, 1.82) is 0 Å². The van der Waals surface area contributed by atoms with E-state index < -0.39 is 17.7 Å². The number of nitrogens with zero attached hydrogens (tertiary/aromatic N) is 2. The summed E-state index contributed by atoms with van der Waals surface area (Å²) in [5.74, 6) is -1.40. The molecule has 0 amide bonds. The van der Waals surface area contributed by atoms with Crippen LogP contribution in [0.1, 0.15) is 30.0 Å². The average Bonchev–Trinajstić information content (AvgIpc) is 2.66. The van der Waals surface area contributed by atoms with Gasteiger partial charge >= 0.3 is 0 Å². The lowest BCUT2D eigenvalue weighted by molar-refractivity contribution is 0.170. The molecule has 0 aliphatic carbocycles. The summed E-state index contributed by atoms with van der Waals surface area (Å²) in [5.41, 5.74) is 1.69. The van der Waals surface area contributed by atoms with E-state index in [0.29, 0.717) is 6.54 Å². The highest BCUT2D eigenvalue weighted by molar-refractivity contribution is 9.10. The number of benzene rings is 1. The number of rotatable bonds is 4. The zero-order valence-corrected chi connectivity index (χ0v) is 12.8. The van der Waals surface area contributed by atoms with Crippen molar-refractivity contribution in [3.05, 3.63) is 51.3 Å². The first-order chi connectivity index (χ1) is 9.43. The maximum atomic E-state index is 13.7. The van der Waals surface area contributed by atoms with Crippen molar-refractivity contribution in [3.8, 4) is 0 Å². The van der Waals surface area contributed by atoms with Crippen LogP contribution < -0.4 is 0 Å². The van der Waals surface area contributed by atoms with Crippen LogP contribution in [-0.4, -0.2) is 14.9 Å². The van der Waals surface area contributed by atoms with Gasteiger partial charge in [0.1, 0.15) is 11.6 Å². The number of hydrogen-bond donors (Lipinski definition) is 1. The van der Waals surface area contributed by atoms with Crippen molar-refractivity contribution >= 4 is 15.9 Å². The maximum Gasteiger partial charge on any atom is 0.131 e. The third-order valence-electron chi connectivity index (χ3n) is 3.16. The number of aromatic nitrogens is 2. The van der Waals surface area contributed by atoms with Crippen molar-refractivity contribution in [2.45, 2.75) is 32.9 Å². The summed E-state index contributed by atoms with van der Waals surface area (Å²) in [6, 6.07) is 3.18. The highest BCUT2D eigenvalue weighted by atomic mass is 79.9. The zero-order chi connectivity index (χ0) is 14.9. The summed E-state index contributed by atoms with van der Waals surface area (Å²) in [4.78, 5) is 0. The van der Waals surface area contributed by atoms with Gasteiger partial charge in [0.2, 0.25) is 0 Å². The molecule has 0 bridgehead atoms. The van der Waals surface area contributed by atoms with E-state index >= 15 is 0 Å². The third kappa shape index (κ3) is 2.91. The van der Waals surface area contributed by atoms with Crippen LogP contribution >= 0.6 is 15.9 Å². The average molecular weight is 345 g/mol. The lowest BCUT2D eigenvalue weighted by Crippen LogP contribution is -2.10. The summed E-state index contributed by atoms with van der Waals surface area (Å²) in [5, 5.41) is 14.5. The van der Waals surface area contributed by atoms with Crippen molar-refractivity contribution in [1.82, 2.24) is 9.78 Å². The van der Waals surface area contributed by atoms with Crippen molar-refractivity contribution in [2.24, 2.45) is 0 Å². The summed E-state index contributed by atoms with van der Waals surface area (Å²) >= 11 is 3.42. The second-order valence-electron chi connectivity index (χ2n) is 4.55. The van der Waals surface area contributed by atoms with Gasteiger partial charge in [-0.2, -0.15) is 5.10 Å². The van der Waals surface area contributed by atoms with E-state index in [0.717, 1.165) is 28.0 Å². The Morgan fingerprint density at radius 1 is 1.40 bits per heavy atom. The molecule has 1 heterocycles. The molecule has 3 nitrogen and oxygen atoms in total. The minimum absolute atomic E-state index is 0.0832. The van der Waals surface area contributed by atoms with E-state index in [9.17, 15) is 13.9 Å². The molecule has 0 fully saturated rings. The molecule has 0 radical (unpaired) electrons. The van der Waals surface area contributed by atoms with E-state index in [1.807, 2.05) is 13.8 Å². The van der Waals surface area contributed by atoms with Crippen molar-refractivity contribution in [2.75, 3.05) is 0 Å². The quantitative estimate of drug-likeness (QED) is 0.921. The van der Waals surface area contributed by atoms with Gasteiger partial charge in [-0.15, -0.1) is 0 Å². The molecule has 0 aliphatic heterocycles. The van der Waals surface area contributed by atoms with Crippen molar-refractivity contribution in [3.63, 3.8) is 0 Å². The number of aliphatic hydroxyl groups is 1. The number of aliphatic hydroxyl groups excluding tert-OH is 1. The van der Waals surface area contributed by atoms with Crippen LogP contribution in [0.25, 0.3) is 0 Å².